The Labute approximate surface area is 118 Å². The normalized spacial score (nSPS) is 18.2. The molecule has 0 aromatic heterocycles. The maximum atomic E-state index is 11.7. The fourth-order valence-corrected chi connectivity index (χ4v) is 2.05. The highest BCUT2D eigenvalue weighted by Gasteiger charge is 2.19. The maximum Gasteiger partial charge on any atom is 0.223 e. The van der Waals surface area contributed by atoms with E-state index in [1.807, 2.05) is 31.2 Å². The first-order valence-electron chi connectivity index (χ1n) is 6.89. The number of ether oxygens (including phenoxy) is 1. The second-order valence-corrected chi connectivity index (χ2v) is 5.02. The Bertz CT molecular complexity index is 461. The van der Waals surface area contributed by atoms with Gasteiger partial charge in [0.25, 0.3) is 0 Å². The third-order valence-corrected chi connectivity index (χ3v) is 3.25. The summed E-state index contributed by atoms with van der Waals surface area (Å²) in [5.41, 5.74) is 1.18. The van der Waals surface area contributed by atoms with Gasteiger partial charge in [-0.25, -0.2) is 0 Å². The van der Waals surface area contributed by atoms with Crippen LogP contribution in [0.4, 0.5) is 0 Å². The molecule has 2 N–H and O–H groups in total. The van der Waals surface area contributed by atoms with Crippen LogP contribution in [-0.4, -0.2) is 31.0 Å². The molecule has 1 aliphatic rings. The van der Waals surface area contributed by atoms with E-state index >= 15 is 0 Å². The van der Waals surface area contributed by atoms with Crippen LogP contribution >= 0.6 is 0 Å². The summed E-state index contributed by atoms with van der Waals surface area (Å²) >= 11 is 0. The van der Waals surface area contributed by atoms with Crippen LogP contribution in [0.5, 0.6) is 5.75 Å². The molecule has 1 saturated heterocycles. The molecule has 0 bridgehead atoms. The average Bonchev–Trinajstić information content (AvgIpc) is 2.44. The van der Waals surface area contributed by atoms with Crippen LogP contribution in [0, 0.1) is 6.92 Å². The van der Waals surface area contributed by atoms with Gasteiger partial charge < -0.3 is 15.4 Å². The summed E-state index contributed by atoms with van der Waals surface area (Å²) in [6.07, 6.45) is 1.50. The first-order chi connectivity index (χ1) is 9.63. The molecule has 1 fully saturated rings. The minimum atomic E-state index is -0.0433. The summed E-state index contributed by atoms with van der Waals surface area (Å²) in [5.74, 6) is 0.782. The van der Waals surface area contributed by atoms with Crippen LogP contribution in [-0.2, 0) is 9.59 Å². The Morgan fingerprint density at radius 3 is 2.80 bits per heavy atom. The fourth-order valence-electron chi connectivity index (χ4n) is 2.05. The maximum absolute atomic E-state index is 11.7. The van der Waals surface area contributed by atoms with Crippen LogP contribution in [0.2, 0.25) is 0 Å². The highest BCUT2D eigenvalue weighted by molar-refractivity contribution is 5.79. The molecule has 1 aromatic rings. The largest absolute Gasteiger partial charge is 0.493 e. The molecule has 1 heterocycles. The predicted octanol–water partition coefficient (Wildman–Crippen LogP) is 1.16. The molecule has 0 spiro atoms. The zero-order chi connectivity index (χ0) is 14.4. The number of nitrogens with one attached hydrogen (secondary N) is 2. The quantitative estimate of drug-likeness (QED) is 0.848. The number of piperidine rings is 1. The molecule has 108 valence electrons. The zero-order valence-corrected chi connectivity index (χ0v) is 11.6. The van der Waals surface area contributed by atoms with E-state index in [9.17, 15) is 9.59 Å². The van der Waals surface area contributed by atoms with Gasteiger partial charge in [0.15, 0.2) is 0 Å². The van der Waals surface area contributed by atoms with Crippen LogP contribution in [0.25, 0.3) is 0 Å². The van der Waals surface area contributed by atoms with Crippen molar-refractivity contribution < 1.29 is 14.3 Å². The fraction of sp³-hybridized carbons (Fsp3) is 0.467. The molecule has 1 atom stereocenters. The van der Waals surface area contributed by atoms with Crippen LogP contribution in [0.3, 0.4) is 0 Å². The number of aryl methyl sites for hydroxylation is 1. The second-order valence-electron chi connectivity index (χ2n) is 5.02. The van der Waals surface area contributed by atoms with Gasteiger partial charge >= 0.3 is 0 Å². The lowest BCUT2D eigenvalue weighted by molar-refractivity contribution is -0.125. The molecule has 0 saturated carbocycles. The van der Waals surface area contributed by atoms with Crippen molar-refractivity contribution in [3.8, 4) is 5.75 Å². The minimum Gasteiger partial charge on any atom is -0.493 e. The summed E-state index contributed by atoms with van der Waals surface area (Å²) in [4.78, 5) is 22.7. The van der Waals surface area contributed by atoms with Crippen molar-refractivity contribution in [2.24, 2.45) is 0 Å². The topological polar surface area (TPSA) is 67.4 Å². The average molecular weight is 276 g/mol. The second kappa shape index (κ2) is 6.93. The highest BCUT2D eigenvalue weighted by Crippen LogP contribution is 2.11. The third kappa shape index (κ3) is 4.57. The molecular weight excluding hydrogens is 256 g/mol. The van der Waals surface area contributed by atoms with Gasteiger partial charge in [0.2, 0.25) is 11.8 Å². The molecule has 5 nitrogen and oxygen atoms in total. The molecule has 2 rings (SSSR count). The van der Waals surface area contributed by atoms with Gasteiger partial charge in [-0.3, -0.25) is 9.59 Å². The summed E-state index contributed by atoms with van der Waals surface area (Å²) < 4.78 is 5.51. The van der Waals surface area contributed by atoms with Gasteiger partial charge in [-0.2, -0.15) is 0 Å². The van der Waals surface area contributed by atoms with E-state index in [1.165, 1.54) is 5.56 Å². The van der Waals surface area contributed by atoms with E-state index in [4.69, 9.17) is 4.74 Å². The molecule has 0 aliphatic carbocycles. The van der Waals surface area contributed by atoms with Gasteiger partial charge in [-0.15, -0.1) is 0 Å². The van der Waals surface area contributed by atoms with Crippen molar-refractivity contribution in [3.63, 3.8) is 0 Å². The number of amides is 2. The number of carbonyl (C=O) groups is 2. The minimum absolute atomic E-state index is 0.0413. The van der Waals surface area contributed by atoms with Gasteiger partial charge in [-0.05, 0) is 25.5 Å². The number of hydrogen-bond donors (Lipinski definition) is 2. The Morgan fingerprint density at radius 1 is 1.40 bits per heavy atom. The molecule has 1 aliphatic heterocycles. The van der Waals surface area contributed by atoms with Gasteiger partial charge in [0, 0.05) is 19.0 Å². The summed E-state index contributed by atoms with van der Waals surface area (Å²) in [6, 6.07) is 7.77. The Kier molecular flexibility index (Phi) is 4.98. The molecule has 1 aromatic carbocycles. The number of carbonyl (C=O) groups excluding carboxylic acids is 2. The first kappa shape index (κ1) is 14.4. The van der Waals surface area contributed by atoms with Crippen molar-refractivity contribution in [1.82, 2.24) is 10.6 Å². The van der Waals surface area contributed by atoms with Gasteiger partial charge in [-0.1, -0.05) is 17.7 Å². The lowest BCUT2D eigenvalue weighted by Gasteiger charge is -2.23. The van der Waals surface area contributed by atoms with Crippen LogP contribution in [0.1, 0.15) is 24.8 Å². The zero-order valence-electron chi connectivity index (χ0n) is 11.6. The number of rotatable bonds is 5. The molecule has 20 heavy (non-hydrogen) atoms. The standard InChI is InChI=1S/C15H20N2O3/c1-11-2-5-13(6-3-11)20-9-8-15(19)17-12-4-7-14(18)16-10-12/h2-3,5-6,12H,4,7-10H2,1H3,(H,16,18)(H,17,19). The lowest BCUT2D eigenvalue weighted by Crippen LogP contribution is -2.47. The monoisotopic (exact) mass is 276 g/mol. The van der Waals surface area contributed by atoms with Crippen LogP contribution < -0.4 is 15.4 Å². The predicted molar refractivity (Wildman–Crippen MR) is 75.5 cm³/mol. The number of benzene rings is 1. The van der Waals surface area contributed by atoms with E-state index in [2.05, 4.69) is 10.6 Å². The summed E-state index contributed by atoms with van der Waals surface area (Å²) in [6.45, 7) is 2.89. The number of hydrogen-bond acceptors (Lipinski definition) is 3. The van der Waals surface area contributed by atoms with Gasteiger partial charge in [0.05, 0.1) is 13.0 Å². The summed E-state index contributed by atoms with van der Waals surface area (Å²) in [5, 5.41) is 5.64. The van der Waals surface area contributed by atoms with E-state index in [0.29, 0.717) is 32.4 Å². The summed E-state index contributed by atoms with van der Waals surface area (Å²) in [7, 11) is 0. The van der Waals surface area contributed by atoms with Crippen molar-refractivity contribution in [2.75, 3.05) is 13.2 Å². The van der Waals surface area contributed by atoms with E-state index in [1.54, 1.807) is 0 Å². The molecule has 2 amide bonds. The van der Waals surface area contributed by atoms with Crippen molar-refractivity contribution in [1.29, 1.82) is 0 Å². The SMILES string of the molecule is Cc1ccc(OCCC(=O)NC2CCC(=O)NC2)cc1. The lowest BCUT2D eigenvalue weighted by atomic mass is 10.1. The highest BCUT2D eigenvalue weighted by atomic mass is 16.5. The smallest absolute Gasteiger partial charge is 0.223 e. The Hall–Kier alpha value is -2.04. The molecular formula is C15H20N2O3. The van der Waals surface area contributed by atoms with E-state index < -0.39 is 0 Å². The molecule has 0 radical (unpaired) electrons. The van der Waals surface area contributed by atoms with Gasteiger partial charge in [0.1, 0.15) is 5.75 Å². The first-order valence-corrected chi connectivity index (χ1v) is 6.89. The Balaban J connectivity index is 1.65. The molecule has 5 heteroatoms. The van der Waals surface area contributed by atoms with Crippen LogP contribution in [0.15, 0.2) is 24.3 Å². The van der Waals surface area contributed by atoms with Crippen molar-refractivity contribution >= 4 is 11.8 Å². The molecule has 1 unspecified atom stereocenters. The van der Waals surface area contributed by atoms with Crippen molar-refractivity contribution in [3.05, 3.63) is 29.8 Å². The van der Waals surface area contributed by atoms with E-state index in [-0.39, 0.29) is 17.9 Å². The van der Waals surface area contributed by atoms with Crippen molar-refractivity contribution in [2.45, 2.75) is 32.2 Å². The Morgan fingerprint density at radius 2 is 2.15 bits per heavy atom. The third-order valence-electron chi connectivity index (χ3n) is 3.25. The van der Waals surface area contributed by atoms with E-state index in [0.717, 1.165) is 5.75 Å².